The number of fused-ring (bicyclic) bond motifs is 2. The van der Waals surface area contributed by atoms with Gasteiger partial charge in [-0.1, -0.05) is 0 Å². The average molecular weight is 512 g/mol. The molecule has 0 radical (unpaired) electrons. The van der Waals surface area contributed by atoms with Gasteiger partial charge in [-0.15, -0.1) is 0 Å². The first-order valence-electron chi connectivity index (χ1n) is 12.1. The van der Waals surface area contributed by atoms with Gasteiger partial charge < -0.3 is 33.9 Å². The van der Waals surface area contributed by atoms with Crippen LogP contribution in [0.5, 0.6) is 17.2 Å². The van der Waals surface area contributed by atoms with E-state index in [9.17, 15) is 14.7 Å². The molecule has 5 heterocycles. The smallest absolute Gasteiger partial charge is 0.407 e. The van der Waals surface area contributed by atoms with Crippen molar-refractivity contribution in [1.29, 1.82) is 0 Å². The number of carbonyl (C=O) groups excluding carboxylic acids is 1. The van der Waals surface area contributed by atoms with E-state index in [1.807, 2.05) is 0 Å². The maximum absolute atomic E-state index is 12.5. The van der Waals surface area contributed by atoms with Crippen LogP contribution in [-0.4, -0.2) is 82.7 Å². The number of β-amino-alcohol motifs (C(OH)–C–C–N with tert-alkyl or cyclic N) is 1. The van der Waals surface area contributed by atoms with Gasteiger partial charge in [-0.2, -0.15) is 0 Å². The number of rotatable bonds is 7. The van der Waals surface area contributed by atoms with Crippen LogP contribution in [0, 0.1) is 0 Å². The zero-order chi connectivity index (χ0) is 25.8. The number of aromatic nitrogens is 3. The monoisotopic (exact) mass is 511 g/mol. The number of nitrogens with zero attached hydrogens (tertiary/aromatic N) is 4. The number of carbonyl (C=O) groups is 1. The number of aliphatic hydroxyl groups excluding tert-OH is 1. The number of methoxy groups -OCH3 is 1. The van der Waals surface area contributed by atoms with E-state index in [-0.39, 0.29) is 12.2 Å². The first-order chi connectivity index (χ1) is 18.0. The highest BCUT2D eigenvalue weighted by Crippen LogP contribution is 2.29. The second-order valence-corrected chi connectivity index (χ2v) is 8.91. The highest BCUT2D eigenvalue weighted by Gasteiger charge is 2.29. The maximum Gasteiger partial charge on any atom is 0.407 e. The summed E-state index contributed by atoms with van der Waals surface area (Å²) in [7, 11) is 1.55. The average Bonchev–Trinajstić information content (AvgIpc) is 2.92. The van der Waals surface area contributed by atoms with Gasteiger partial charge in [-0.25, -0.2) is 4.79 Å². The van der Waals surface area contributed by atoms with Gasteiger partial charge in [0.05, 0.1) is 48.4 Å². The van der Waals surface area contributed by atoms with Gasteiger partial charge in [0, 0.05) is 44.4 Å². The lowest BCUT2D eigenvalue weighted by atomic mass is 10.0. The van der Waals surface area contributed by atoms with Crippen LogP contribution in [0.4, 0.5) is 4.79 Å². The lowest BCUT2D eigenvalue weighted by molar-refractivity contribution is 0.0356. The van der Waals surface area contributed by atoms with Crippen molar-refractivity contribution in [2.45, 2.75) is 31.7 Å². The Hall–Kier alpha value is -3.90. The summed E-state index contributed by atoms with van der Waals surface area (Å²) in [5.74, 6) is 1.71. The lowest BCUT2D eigenvalue weighted by Gasteiger charge is -2.36. The molecule has 12 heteroatoms. The van der Waals surface area contributed by atoms with Crippen molar-refractivity contribution in [2.75, 3.05) is 40.0 Å². The van der Waals surface area contributed by atoms with Crippen molar-refractivity contribution in [3.63, 3.8) is 0 Å². The standard InChI is InChI=1S/C25H29N5O7/c1-34-17-11-20-18(27-12-17)2-3-24(32)30(20)7-6-29-5-4-19(21(31)14-29)28-25(33)37-15-16-10-22-23(13-26-16)36-9-8-35-22/h2-3,10-13,19,21,31H,4-9,14-15H2,1H3,(H,28,33)/t19-,21-/m1/s1. The molecule has 0 unspecified atom stereocenters. The molecule has 0 saturated carbocycles. The van der Waals surface area contributed by atoms with Crippen LogP contribution < -0.4 is 25.1 Å². The van der Waals surface area contributed by atoms with E-state index in [1.54, 1.807) is 42.3 Å². The van der Waals surface area contributed by atoms with Crippen LogP contribution in [0.3, 0.4) is 0 Å². The molecule has 5 rings (SSSR count). The Morgan fingerprint density at radius 3 is 2.81 bits per heavy atom. The van der Waals surface area contributed by atoms with Gasteiger partial charge in [0.15, 0.2) is 11.5 Å². The predicted molar refractivity (Wildman–Crippen MR) is 132 cm³/mol. The fourth-order valence-corrected chi connectivity index (χ4v) is 4.50. The number of nitrogens with one attached hydrogen (secondary N) is 1. The molecular formula is C25H29N5O7. The van der Waals surface area contributed by atoms with Crippen molar-refractivity contribution in [3.05, 3.63) is 52.7 Å². The van der Waals surface area contributed by atoms with E-state index >= 15 is 0 Å². The Labute approximate surface area is 212 Å². The van der Waals surface area contributed by atoms with E-state index in [2.05, 4.69) is 20.2 Å². The van der Waals surface area contributed by atoms with Crippen LogP contribution in [0.1, 0.15) is 12.1 Å². The number of ether oxygens (including phenoxy) is 4. The van der Waals surface area contributed by atoms with Gasteiger partial charge in [0.25, 0.3) is 5.56 Å². The molecule has 196 valence electrons. The number of alkyl carbamates (subject to hydrolysis) is 1. The Morgan fingerprint density at radius 1 is 1.16 bits per heavy atom. The summed E-state index contributed by atoms with van der Waals surface area (Å²) in [5, 5.41) is 13.4. The Kier molecular flexibility index (Phi) is 7.37. The SMILES string of the molecule is COc1cnc2ccc(=O)n(CCN3CC[C@@H](NC(=O)OCc4cc5c(cn4)OCCO5)[C@H](O)C3)c2c1. The molecule has 0 aromatic carbocycles. The third kappa shape index (κ3) is 5.75. The molecule has 3 aromatic heterocycles. The number of aliphatic hydroxyl groups is 1. The minimum Gasteiger partial charge on any atom is -0.495 e. The summed E-state index contributed by atoms with van der Waals surface area (Å²) in [5.41, 5.74) is 1.80. The van der Waals surface area contributed by atoms with Gasteiger partial charge in [0.1, 0.15) is 25.6 Å². The molecule has 2 aliphatic heterocycles. The predicted octanol–water partition coefficient (Wildman–Crippen LogP) is 0.933. The van der Waals surface area contributed by atoms with Crippen LogP contribution in [-0.2, 0) is 17.9 Å². The van der Waals surface area contributed by atoms with Crippen molar-refractivity contribution in [2.24, 2.45) is 0 Å². The molecule has 2 N–H and O–H groups in total. The first kappa shape index (κ1) is 24.8. The summed E-state index contributed by atoms with van der Waals surface area (Å²) in [6.45, 7) is 2.89. The normalized spacial score (nSPS) is 19.4. The molecule has 0 aliphatic carbocycles. The maximum atomic E-state index is 12.5. The van der Waals surface area contributed by atoms with E-state index in [4.69, 9.17) is 18.9 Å². The van der Waals surface area contributed by atoms with Crippen molar-refractivity contribution >= 4 is 17.1 Å². The van der Waals surface area contributed by atoms with Gasteiger partial charge in [0.2, 0.25) is 0 Å². The second-order valence-electron chi connectivity index (χ2n) is 8.91. The number of amides is 1. The van der Waals surface area contributed by atoms with E-state index in [0.717, 1.165) is 0 Å². The third-order valence-corrected chi connectivity index (χ3v) is 6.50. The summed E-state index contributed by atoms with van der Waals surface area (Å²) in [6.07, 6.45) is 2.29. The Morgan fingerprint density at radius 2 is 2.00 bits per heavy atom. The van der Waals surface area contributed by atoms with E-state index in [0.29, 0.717) is 79.8 Å². The fourth-order valence-electron chi connectivity index (χ4n) is 4.50. The highest BCUT2D eigenvalue weighted by atomic mass is 16.6. The lowest BCUT2D eigenvalue weighted by Crippen LogP contribution is -2.54. The third-order valence-electron chi connectivity index (χ3n) is 6.50. The summed E-state index contributed by atoms with van der Waals surface area (Å²) < 4.78 is 23.2. The van der Waals surface area contributed by atoms with Gasteiger partial charge in [-0.05, 0) is 12.5 Å². The minimum absolute atomic E-state index is 0.0309. The fraction of sp³-hybridized carbons (Fsp3) is 0.440. The molecule has 0 bridgehead atoms. The molecule has 2 aliphatic rings. The summed E-state index contributed by atoms with van der Waals surface area (Å²) >= 11 is 0. The number of hydrogen-bond donors (Lipinski definition) is 2. The molecule has 3 aromatic rings. The number of piperidine rings is 1. The quantitative estimate of drug-likeness (QED) is 0.471. The van der Waals surface area contributed by atoms with E-state index in [1.165, 1.54) is 6.07 Å². The van der Waals surface area contributed by atoms with E-state index < -0.39 is 18.2 Å². The summed E-state index contributed by atoms with van der Waals surface area (Å²) in [4.78, 5) is 35.5. The Bertz CT molecular complexity index is 1330. The zero-order valence-electron chi connectivity index (χ0n) is 20.5. The molecule has 12 nitrogen and oxygen atoms in total. The minimum atomic E-state index is -0.778. The number of hydrogen-bond acceptors (Lipinski definition) is 10. The van der Waals surface area contributed by atoms with Crippen LogP contribution in [0.15, 0.2) is 41.5 Å². The highest BCUT2D eigenvalue weighted by molar-refractivity contribution is 5.75. The molecule has 0 spiro atoms. The van der Waals surface area contributed by atoms with Gasteiger partial charge in [-0.3, -0.25) is 19.7 Å². The largest absolute Gasteiger partial charge is 0.495 e. The topological polar surface area (TPSA) is 137 Å². The summed E-state index contributed by atoms with van der Waals surface area (Å²) in [6, 6.07) is 6.23. The van der Waals surface area contributed by atoms with Crippen LogP contribution in [0.2, 0.25) is 0 Å². The van der Waals surface area contributed by atoms with Crippen LogP contribution >= 0.6 is 0 Å². The molecular weight excluding hydrogens is 482 g/mol. The molecule has 2 atom stereocenters. The van der Waals surface area contributed by atoms with Crippen molar-refractivity contribution in [3.8, 4) is 17.2 Å². The van der Waals surface area contributed by atoms with Crippen LogP contribution in [0.25, 0.3) is 11.0 Å². The van der Waals surface area contributed by atoms with Crippen molar-refractivity contribution < 1.29 is 28.8 Å². The van der Waals surface area contributed by atoms with Gasteiger partial charge >= 0.3 is 6.09 Å². The number of likely N-dealkylation sites (tertiary alicyclic amines) is 1. The second kappa shape index (κ2) is 11.0. The van der Waals surface area contributed by atoms with Crippen molar-refractivity contribution in [1.82, 2.24) is 24.8 Å². The molecule has 1 amide bonds. The zero-order valence-corrected chi connectivity index (χ0v) is 20.5. The molecule has 37 heavy (non-hydrogen) atoms. The molecule has 1 fully saturated rings. The molecule has 1 saturated heterocycles. The first-order valence-corrected chi connectivity index (χ1v) is 12.1. The Balaban J connectivity index is 1.11. The number of pyridine rings is 3.